The number of benzene rings is 1. The summed E-state index contributed by atoms with van der Waals surface area (Å²) in [7, 11) is 0. The van der Waals surface area contributed by atoms with Crippen molar-refractivity contribution in [1.29, 1.82) is 0 Å². The zero-order valence-corrected chi connectivity index (χ0v) is 13.4. The SMILES string of the molecule is CCc1cc(CSc2nnc(CN)n2-c2ccc(F)cc2)on1. The minimum Gasteiger partial charge on any atom is -0.360 e. The molecule has 1 aromatic carbocycles. The van der Waals surface area contributed by atoms with Crippen LogP contribution in [0.2, 0.25) is 0 Å². The van der Waals surface area contributed by atoms with Gasteiger partial charge in [-0.1, -0.05) is 23.8 Å². The molecule has 6 nitrogen and oxygen atoms in total. The van der Waals surface area contributed by atoms with Crippen molar-refractivity contribution in [2.45, 2.75) is 30.8 Å². The Bertz CT molecular complexity index is 784. The van der Waals surface area contributed by atoms with Crippen molar-refractivity contribution in [2.75, 3.05) is 0 Å². The van der Waals surface area contributed by atoms with Gasteiger partial charge in [-0.05, 0) is 30.7 Å². The normalized spacial score (nSPS) is 11.1. The maximum atomic E-state index is 13.1. The Hall–Kier alpha value is -2.19. The average molecular weight is 333 g/mol. The van der Waals surface area contributed by atoms with Gasteiger partial charge in [-0.2, -0.15) is 0 Å². The van der Waals surface area contributed by atoms with Crippen LogP contribution in [0.3, 0.4) is 0 Å². The number of halogens is 1. The summed E-state index contributed by atoms with van der Waals surface area (Å²) in [6.45, 7) is 2.26. The number of aryl methyl sites for hydroxylation is 1. The number of rotatable bonds is 6. The maximum absolute atomic E-state index is 13.1. The lowest BCUT2D eigenvalue weighted by atomic mass is 10.3. The first-order valence-corrected chi connectivity index (χ1v) is 8.17. The monoisotopic (exact) mass is 333 g/mol. The maximum Gasteiger partial charge on any atom is 0.196 e. The third-order valence-electron chi connectivity index (χ3n) is 3.28. The van der Waals surface area contributed by atoms with E-state index in [9.17, 15) is 4.39 Å². The van der Waals surface area contributed by atoms with Gasteiger partial charge in [-0.25, -0.2) is 4.39 Å². The first-order valence-electron chi connectivity index (χ1n) is 7.18. The summed E-state index contributed by atoms with van der Waals surface area (Å²) in [5.41, 5.74) is 7.41. The minimum atomic E-state index is -0.293. The lowest BCUT2D eigenvalue weighted by Crippen LogP contribution is -2.07. The summed E-state index contributed by atoms with van der Waals surface area (Å²) in [6, 6.07) is 8.06. The van der Waals surface area contributed by atoms with Gasteiger partial charge in [0.15, 0.2) is 11.0 Å². The molecule has 0 fully saturated rings. The molecule has 120 valence electrons. The van der Waals surface area contributed by atoms with Crippen molar-refractivity contribution in [2.24, 2.45) is 5.73 Å². The van der Waals surface area contributed by atoms with Crippen molar-refractivity contribution >= 4 is 11.8 Å². The van der Waals surface area contributed by atoms with Crippen LogP contribution in [0.1, 0.15) is 24.2 Å². The molecule has 8 heteroatoms. The Morgan fingerprint density at radius 3 is 2.70 bits per heavy atom. The molecule has 0 amide bonds. The van der Waals surface area contributed by atoms with Gasteiger partial charge in [0.05, 0.1) is 18.0 Å². The van der Waals surface area contributed by atoms with Gasteiger partial charge in [-0.15, -0.1) is 10.2 Å². The van der Waals surface area contributed by atoms with Crippen LogP contribution in [0.4, 0.5) is 4.39 Å². The molecule has 2 heterocycles. The van der Waals surface area contributed by atoms with Crippen LogP contribution in [0.15, 0.2) is 40.0 Å². The number of nitrogens with zero attached hydrogens (tertiary/aromatic N) is 4. The van der Waals surface area contributed by atoms with Crippen LogP contribution in [0, 0.1) is 5.82 Å². The average Bonchev–Trinajstić information content (AvgIpc) is 3.20. The highest BCUT2D eigenvalue weighted by Gasteiger charge is 2.14. The minimum absolute atomic E-state index is 0.243. The molecular weight excluding hydrogens is 317 g/mol. The van der Waals surface area contributed by atoms with E-state index in [4.69, 9.17) is 10.3 Å². The molecule has 2 N–H and O–H groups in total. The van der Waals surface area contributed by atoms with Crippen LogP contribution in [-0.4, -0.2) is 19.9 Å². The standard InChI is InChI=1S/C15H16FN5OS/c1-2-11-7-13(22-20-11)9-23-15-19-18-14(8-17)21(15)12-5-3-10(16)4-6-12/h3-7H,2,8-9,17H2,1H3. The summed E-state index contributed by atoms with van der Waals surface area (Å²) >= 11 is 1.47. The van der Waals surface area contributed by atoms with Crippen LogP contribution in [0.5, 0.6) is 0 Å². The van der Waals surface area contributed by atoms with Gasteiger partial charge in [0.2, 0.25) is 0 Å². The molecular formula is C15H16FN5OS. The van der Waals surface area contributed by atoms with E-state index in [1.165, 1.54) is 23.9 Å². The Kier molecular flexibility index (Phi) is 4.73. The topological polar surface area (TPSA) is 82.8 Å². The molecule has 0 aliphatic carbocycles. The number of hydrogen-bond donors (Lipinski definition) is 1. The fourth-order valence-corrected chi connectivity index (χ4v) is 2.95. The Balaban J connectivity index is 1.84. The number of thioether (sulfide) groups is 1. The van der Waals surface area contributed by atoms with Crippen molar-refractivity contribution in [1.82, 2.24) is 19.9 Å². The van der Waals surface area contributed by atoms with E-state index in [2.05, 4.69) is 15.4 Å². The molecule has 0 spiro atoms. The summed E-state index contributed by atoms with van der Waals surface area (Å²) in [5.74, 6) is 1.68. The van der Waals surface area contributed by atoms with Crippen LogP contribution >= 0.6 is 11.8 Å². The molecule has 3 aromatic rings. The zero-order valence-electron chi connectivity index (χ0n) is 12.6. The molecule has 0 atom stereocenters. The lowest BCUT2D eigenvalue weighted by Gasteiger charge is -2.08. The fraction of sp³-hybridized carbons (Fsp3) is 0.267. The number of hydrogen-bond acceptors (Lipinski definition) is 6. The third kappa shape index (κ3) is 3.43. The van der Waals surface area contributed by atoms with Crippen molar-refractivity contribution in [3.05, 3.63) is 53.4 Å². The van der Waals surface area contributed by atoms with Crippen molar-refractivity contribution in [3.63, 3.8) is 0 Å². The Morgan fingerprint density at radius 2 is 2.04 bits per heavy atom. The van der Waals surface area contributed by atoms with Gasteiger partial charge in [0, 0.05) is 11.8 Å². The largest absolute Gasteiger partial charge is 0.360 e. The van der Waals surface area contributed by atoms with E-state index in [1.807, 2.05) is 17.6 Å². The second kappa shape index (κ2) is 6.93. The van der Waals surface area contributed by atoms with Gasteiger partial charge < -0.3 is 10.3 Å². The van der Waals surface area contributed by atoms with Crippen molar-refractivity contribution in [3.8, 4) is 5.69 Å². The van der Waals surface area contributed by atoms with E-state index in [-0.39, 0.29) is 12.4 Å². The van der Waals surface area contributed by atoms with Crippen LogP contribution in [0.25, 0.3) is 5.69 Å². The third-order valence-corrected chi connectivity index (χ3v) is 4.23. The molecule has 0 radical (unpaired) electrons. The molecule has 0 saturated heterocycles. The van der Waals surface area contributed by atoms with Crippen molar-refractivity contribution < 1.29 is 8.91 Å². The van der Waals surface area contributed by atoms with E-state index in [1.54, 1.807) is 12.1 Å². The van der Waals surface area contributed by atoms with Gasteiger partial charge >= 0.3 is 0 Å². The quantitative estimate of drug-likeness (QED) is 0.698. The summed E-state index contributed by atoms with van der Waals surface area (Å²) in [6.07, 6.45) is 0.831. The van der Waals surface area contributed by atoms with Gasteiger partial charge in [0.25, 0.3) is 0 Å². The zero-order chi connectivity index (χ0) is 16.2. The van der Waals surface area contributed by atoms with Crippen LogP contribution < -0.4 is 5.73 Å². The molecule has 23 heavy (non-hydrogen) atoms. The molecule has 3 rings (SSSR count). The molecule has 0 aliphatic rings. The predicted molar refractivity (Wildman–Crippen MR) is 84.7 cm³/mol. The summed E-state index contributed by atoms with van der Waals surface area (Å²) in [5, 5.41) is 12.9. The molecule has 2 aromatic heterocycles. The molecule has 0 bridgehead atoms. The summed E-state index contributed by atoms with van der Waals surface area (Å²) in [4.78, 5) is 0. The van der Waals surface area contributed by atoms with Crippen LogP contribution in [-0.2, 0) is 18.7 Å². The predicted octanol–water partition coefficient (Wildman–Crippen LogP) is 2.71. The smallest absolute Gasteiger partial charge is 0.196 e. The Labute approximate surface area is 136 Å². The second-order valence-electron chi connectivity index (χ2n) is 4.84. The first-order chi connectivity index (χ1) is 11.2. The van der Waals surface area contributed by atoms with E-state index >= 15 is 0 Å². The fourth-order valence-electron chi connectivity index (χ4n) is 2.10. The molecule has 0 unspecified atom stereocenters. The highest BCUT2D eigenvalue weighted by Crippen LogP contribution is 2.25. The van der Waals surface area contributed by atoms with Gasteiger partial charge in [0.1, 0.15) is 11.6 Å². The summed E-state index contributed by atoms with van der Waals surface area (Å²) < 4.78 is 20.2. The number of nitrogens with two attached hydrogens (primary N) is 1. The lowest BCUT2D eigenvalue weighted by molar-refractivity contribution is 0.389. The molecule has 0 aliphatic heterocycles. The van der Waals surface area contributed by atoms with E-state index in [0.717, 1.165) is 23.6 Å². The molecule has 0 saturated carbocycles. The first kappa shape index (κ1) is 15.7. The highest BCUT2D eigenvalue weighted by molar-refractivity contribution is 7.98. The second-order valence-corrected chi connectivity index (χ2v) is 5.78. The number of aromatic nitrogens is 4. The Morgan fingerprint density at radius 1 is 1.26 bits per heavy atom. The van der Waals surface area contributed by atoms with Gasteiger partial charge in [-0.3, -0.25) is 4.57 Å². The highest BCUT2D eigenvalue weighted by atomic mass is 32.2. The van der Waals surface area contributed by atoms with E-state index in [0.29, 0.717) is 16.7 Å². The van der Waals surface area contributed by atoms with E-state index < -0.39 is 0 Å².